The van der Waals surface area contributed by atoms with Gasteiger partial charge in [-0.15, -0.1) is 0 Å². The molecule has 3 atom stereocenters. The lowest BCUT2D eigenvalue weighted by Crippen LogP contribution is -2.44. The Morgan fingerprint density at radius 3 is 2.63 bits per heavy atom. The molecule has 1 N–H and O–H groups in total. The van der Waals surface area contributed by atoms with Crippen molar-refractivity contribution in [1.82, 2.24) is 4.90 Å². The van der Waals surface area contributed by atoms with Gasteiger partial charge >= 0.3 is 5.97 Å². The van der Waals surface area contributed by atoms with Crippen LogP contribution < -0.4 is 0 Å². The second kappa shape index (κ2) is 6.19. The molecule has 1 fully saturated rings. The molecular weight excluding hydrogens is 246 g/mol. The van der Waals surface area contributed by atoms with Gasteiger partial charge in [0.1, 0.15) is 0 Å². The van der Waals surface area contributed by atoms with Gasteiger partial charge in [-0.25, -0.2) is 0 Å². The van der Waals surface area contributed by atoms with Crippen molar-refractivity contribution in [3.8, 4) is 0 Å². The Morgan fingerprint density at radius 1 is 1.26 bits per heavy atom. The van der Waals surface area contributed by atoms with E-state index in [0.717, 1.165) is 6.42 Å². The van der Waals surface area contributed by atoms with Gasteiger partial charge in [0.2, 0.25) is 5.91 Å². The molecule has 1 aliphatic heterocycles. The number of carboxylic acids is 1. The van der Waals surface area contributed by atoms with Crippen molar-refractivity contribution in [3.05, 3.63) is 12.2 Å². The summed E-state index contributed by atoms with van der Waals surface area (Å²) >= 11 is 0. The van der Waals surface area contributed by atoms with Crippen LogP contribution in [0.3, 0.4) is 0 Å². The average molecular weight is 267 g/mol. The SMILES string of the molecule is CC1CN(C(=O)[C@@H]2CC=CC[C@@H]2C(=O)O)CCCO1. The Bertz CT molecular complexity index is 380. The second-order valence-electron chi connectivity index (χ2n) is 5.31. The summed E-state index contributed by atoms with van der Waals surface area (Å²) in [5.41, 5.74) is 0. The molecule has 5 nitrogen and oxygen atoms in total. The Hall–Kier alpha value is -1.36. The van der Waals surface area contributed by atoms with E-state index in [2.05, 4.69) is 0 Å². The standard InChI is InChI=1S/C14H21NO4/c1-10-9-15(7-4-8-19-10)13(16)11-5-2-3-6-12(11)14(17)18/h2-3,10-12H,4-9H2,1H3,(H,17,18)/t10?,11-,12+/m1/s1. The van der Waals surface area contributed by atoms with Crippen molar-refractivity contribution < 1.29 is 19.4 Å². The lowest BCUT2D eigenvalue weighted by atomic mass is 9.82. The topological polar surface area (TPSA) is 66.8 Å². The van der Waals surface area contributed by atoms with Crippen molar-refractivity contribution >= 4 is 11.9 Å². The smallest absolute Gasteiger partial charge is 0.307 e. The third kappa shape index (κ3) is 3.35. The average Bonchev–Trinajstić information content (AvgIpc) is 2.62. The highest BCUT2D eigenvalue weighted by Gasteiger charge is 2.36. The number of amides is 1. The minimum absolute atomic E-state index is 0.0221. The summed E-state index contributed by atoms with van der Waals surface area (Å²) in [5, 5.41) is 9.23. The highest BCUT2D eigenvalue weighted by atomic mass is 16.5. The number of aliphatic carboxylic acids is 1. The number of allylic oxidation sites excluding steroid dienone is 2. The van der Waals surface area contributed by atoms with Crippen molar-refractivity contribution in [2.75, 3.05) is 19.7 Å². The molecule has 0 aromatic rings. The lowest BCUT2D eigenvalue weighted by Gasteiger charge is -2.30. The first-order valence-electron chi connectivity index (χ1n) is 6.87. The molecule has 1 heterocycles. The van der Waals surface area contributed by atoms with Crippen LogP contribution in [-0.4, -0.2) is 47.7 Å². The summed E-state index contributed by atoms with van der Waals surface area (Å²) in [6.07, 6.45) is 5.59. The molecule has 0 bridgehead atoms. The molecule has 1 aliphatic carbocycles. The molecule has 106 valence electrons. The molecule has 0 saturated carbocycles. The number of carbonyl (C=O) groups excluding carboxylic acids is 1. The third-order valence-electron chi connectivity index (χ3n) is 3.83. The maximum absolute atomic E-state index is 12.5. The molecule has 0 spiro atoms. The molecule has 2 rings (SSSR count). The summed E-state index contributed by atoms with van der Waals surface area (Å²) in [5.74, 6) is -1.92. The fourth-order valence-corrected chi connectivity index (χ4v) is 2.79. The van der Waals surface area contributed by atoms with Crippen molar-refractivity contribution in [3.63, 3.8) is 0 Å². The van der Waals surface area contributed by atoms with Crippen LogP contribution in [0.15, 0.2) is 12.2 Å². The van der Waals surface area contributed by atoms with Crippen molar-refractivity contribution in [1.29, 1.82) is 0 Å². The summed E-state index contributed by atoms with van der Waals surface area (Å²) in [6, 6.07) is 0. The van der Waals surface area contributed by atoms with Crippen molar-refractivity contribution in [2.45, 2.75) is 32.3 Å². The molecule has 0 aromatic carbocycles. The summed E-state index contributed by atoms with van der Waals surface area (Å²) < 4.78 is 5.52. The zero-order chi connectivity index (χ0) is 13.8. The van der Waals surface area contributed by atoms with Gasteiger partial charge in [0.25, 0.3) is 0 Å². The summed E-state index contributed by atoms with van der Waals surface area (Å²) in [7, 11) is 0. The van der Waals surface area contributed by atoms with Gasteiger partial charge in [-0.05, 0) is 26.2 Å². The van der Waals surface area contributed by atoms with Gasteiger partial charge in [0.15, 0.2) is 0 Å². The van der Waals surface area contributed by atoms with Crippen LogP contribution in [0.4, 0.5) is 0 Å². The van der Waals surface area contributed by atoms with E-state index in [1.807, 2.05) is 19.1 Å². The number of carbonyl (C=O) groups is 2. The number of nitrogens with zero attached hydrogens (tertiary/aromatic N) is 1. The van der Waals surface area contributed by atoms with Crippen LogP contribution in [0, 0.1) is 11.8 Å². The van der Waals surface area contributed by atoms with Crippen LogP contribution in [0.1, 0.15) is 26.2 Å². The second-order valence-corrected chi connectivity index (χ2v) is 5.31. The number of carboxylic acid groups (broad SMARTS) is 1. The Morgan fingerprint density at radius 2 is 1.95 bits per heavy atom. The van der Waals surface area contributed by atoms with Gasteiger partial charge in [-0.2, -0.15) is 0 Å². The predicted molar refractivity (Wildman–Crippen MR) is 69.6 cm³/mol. The number of hydrogen-bond acceptors (Lipinski definition) is 3. The Kier molecular flexibility index (Phi) is 4.58. The van der Waals surface area contributed by atoms with E-state index in [-0.39, 0.29) is 12.0 Å². The third-order valence-corrected chi connectivity index (χ3v) is 3.83. The largest absolute Gasteiger partial charge is 0.481 e. The monoisotopic (exact) mass is 267 g/mol. The molecule has 1 saturated heterocycles. The normalized spacial score (nSPS) is 31.8. The van der Waals surface area contributed by atoms with Crippen LogP contribution in [0.2, 0.25) is 0 Å². The molecule has 0 radical (unpaired) electrons. The number of rotatable bonds is 2. The Labute approximate surface area is 113 Å². The van der Waals surface area contributed by atoms with Crippen LogP contribution in [0.5, 0.6) is 0 Å². The number of ether oxygens (including phenoxy) is 1. The molecule has 19 heavy (non-hydrogen) atoms. The van der Waals surface area contributed by atoms with Gasteiger partial charge in [0, 0.05) is 19.7 Å². The molecule has 5 heteroatoms. The molecular formula is C14H21NO4. The fourth-order valence-electron chi connectivity index (χ4n) is 2.79. The zero-order valence-corrected chi connectivity index (χ0v) is 11.2. The lowest BCUT2D eigenvalue weighted by molar-refractivity contribution is -0.150. The van der Waals surface area contributed by atoms with Gasteiger partial charge in [-0.3, -0.25) is 9.59 Å². The summed E-state index contributed by atoms with van der Waals surface area (Å²) in [6.45, 7) is 3.83. The van der Waals surface area contributed by atoms with E-state index >= 15 is 0 Å². The molecule has 2 aliphatic rings. The first-order valence-corrected chi connectivity index (χ1v) is 6.87. The minimum atomic E-state index is -0.873. The first-order chi connectivity index (χ1) is 9.09. The van der Waals surface area contributed by atoms with Gasteiger partial charge < -0.3 is 14.7 Å². The van der Waals surface area contributed by atoms with Crippen LogP contribution in [0.25, 0.3) is 0 Å². The first kappa shape index (κ1) is 14.1. The van der Waals surface area contributed by atoms with Crippen molar-refractivity contribution in [2.24, 2.45) is 11.8 Å². The highest BCUT2D eigenvalue weighted by molar-refractivity contribution is 5.85. The van der Waals surface area contributed by atoms with Gasteiger partial charge in [0.05, 0.1) is 17.9 Å². The molecule has 0 aromatic heterocycles. The van der Waals surface area contributed by atoms with E-state index in [0.29, 0.717) is 32.5 Å². The van der Waals surface area contributed by atoms with Crippen LogP contribution in [-0.2, 0) is 14.3 Å². The summed E-state index contributed by atoms with van der Waals surface area (Å²) in [4.78, 5) is 25.6. The fraction of sp³-hybridized carbons (Fsp3) is 0.714. The quantitative estimate of drug-likeness (QED) is 0.766. The maximum atomic E-state index is 12.5. The minimum Gasteiger partial charge on any atom is -0.481 e. The Balaban J connectivity index is 2.08. The van der Waals surface area contributed by atoms with E-state index in [9.17, 15) is 14.7 Å². The molecule has 1 unspecified atom stereocenters. The molecule has 1 amide bonds. The highest BCUT2D eigenvalue weighted by Crippen LogP contribution is 2.28. The predicted octanol–water partition coefficient (Wildman–Crippen LogP) is 1.29. The number of hydrogen-bond donors (Lipinski definition) is 1. The van der Waals surface area contributed by atoms with Crippen LogP contribution >= 0.6 is 0 Å². The van der Waals surface area contributed by atoms with Gasteiger partial charge in [-0.1, -0.05) is 12.2 Å². The zero-order valence-electron chi connectivity index (χ0n) is 11.2. The van der Waals surface area contributed by atoms with E-state index < -0.39 is 17.8 Å². The van der Waals surface area contributed by atoms with E-state index in [1.165, 1.54) is 0 Å². The maximum Gasteiger partial charge on any atom is 0.307 e. The van der Waals surface area contributed by atoms with E-state index in [1.54, 1.807) is 4.90 Å². The van der Waals surface area contributed by atoms with E-state index in [4.69, 9.17) is 4.74 Å².